The lowest BCUT2D eigenvalue weighted by atomic mass is 10.0. The molecule has 132 valence electrons. The van der Waals surface area contributed by atoms with Crippen LogP contribution in [0.5, 0.6) is 5.75 Å². The van der Waals surface area contributed by atoms with E-state index in [0.717, 1.165) is 0 Å². The molecule has 0 fully saturated rings. The standard InChI is InChI=1S/C18H18ClNO4S/c1-12(24-14-8-6-13(19)7-9-14)18(21)20-16-10-11-25(22,23)17-5-3-2-4-15(16)17/h2-9,12,16H,10-11H2,1H3,(H,20,21). The molecule has 0 bridgehead atoms. The highest BCUT2D eigenvalue weighted by Crippen LogP contribution is 2.32. The van der Waals surface area contributed by atoms with Gasteiger partial charge in [-0.05, 0) is 49.2 Å². The molecule has 0 radical (unpaired) electrons. The zero-order chi connectivity index (χ0) is 18.0. The maximum Gasteiger partial charge on any atom is 0.261 e. The zero-order valence-corrected chi connectivity index (χ0v) is 15.2. The Bertz CT molecular complexity index is 880. The number of benzene rings is 2. The predicted molar refractivity (Wildman–Crippen MR) is 95.5 cm³/mol. The molecule has 25 heavy (non-hydrogen) atoms. The number of rotatable bonds is 4. The normalized spacial score (nSPS) is 19.5. The van der Waals surface area contributed by atoms with Gasteiger partial charge in [-0.1, -0.05) is 29.8 Å². The lowest BCUT2D eigenvalue weighted by Crippen LogP contribution is -2.40. The predicted octanol–water partition coefficient (Wildman–Crippen LogP) is 3.14. The van der Waals surface area contributed by atoms with E-state index in [0.29, 0.717) is 22.8 Å². The third-order valence-corrected chi connectivity index (χ3v) is 6.18. The largest absolute Gasteiger partial charge is 0.481 e. The fourth-order valence-electron chi connectivity index (χ4n) is 2.80. The number of fused-ring (bicyclic) bond motifs is 1. The number of carbonyl (C=O) groups excluding carboxylic acids is 1. The molecule has 3 rings (SSSR count). The minimum atomic E-state index is -3.28. The topological polar surface area (TPSA) is 72.5 Å². The van der Waals surface area contributed by atoms with E-state index in [9.17, 15) is 13.2 Å². The van der Waals surface area contributed by atoms with Gasteiger partial charge < -0.3 is 10.1 Å². The summed E-state index contributed by atoms with van der Waals surface area (Å²) in [6.07, 6.45) is -0.370. The number of carbonyl (C=O) groups is 1. The maximum absolute atomic E-state index is 12.4. The van der Waals surface area contributed by atoms with Crippen LogP contribution in [0.15, 0.2) is 53.4 Å². The first-order valence-corrected chi connectivity index (χ1v) is 9.94. The second kappa shape index (κ2) is 7.06. The van der Waals surface area contributed by atoms with Gasteiger partial charge in [-0.25, -0.2) is 8.42 Å². The van der Waals surface area contributed by atoms with Crippen molar-refractivity contribution in [3.05, 3.63) is 59.1 Å². The van der Waals surface area contributed by atoms with Crippen molar-refractivity contribution in [3.8, 4) is 5.75 Å². The first-order chi connectivity index (χ1) is 11.9. The van der Waals surface area contributed by atoms with Gasteiger partial charge in [0.2, 0.25) is 0 Å². The summed E-state index contributed by atoms with van der Waals surface area (Å²) in [7, 11) is -3.28. The molecule has 0 saturated heterocycles. The van der Waals surface area contributed by atoms with E-state index in [1.807, 2.05) is 0 Å². The summed E-state index contributed by atoms with van der Waals surface area (Å²) in [5.41, 5.74) is 0.626. The van der Waals surface area contributed by atoms with E-state index in [-0.39, 0.29) is 22.6 Å². The maximum atomic E-state index is 12.4. The van der Waals surface area contributed by atoms with E-state index >= 15 is 0 Å². The van der Waals surface area contributed by atoms with Crippen LogP contribution >= 0.6 is 11.6 Å². The van der Waals surface area contributed by atoms with Gasteiger partial charge in [0.1, 0.15) is 5.75 Å². The highest BCUT2D eigenvalue weighted by Gasteiger charge is 2.31. The van der Waals surface area contributed by atoms with Gasteiger partial charge >= 0.3 is 0 Å². The van der Waals surface area contributed by atoms with Gasteiger partial charge in [0.15, 0.2) is 15.9 Å². The number of ether oxygens (including phenoxy) is 1. The summed E-state index contributed by atoms with van der Waals surface area (Å²) in [6, 6.07) is 13.2. The van der Waals surface area contributed by atoms with Crippen molar-refractivity contribution in [2.24, 2.45) is 0 Å². The molecule has 1 N–H and O–H groups in total. The summed E-state index contributed by atoms with van der Waals surface area (Å²) in [5.74, 6) is 0.259. The average Bonchev–Trinajstić information content (AvgIpc) is 2.59. The molecule has 2 atom stereocenters. The summed E-state index contributed by atoms with van der Waals surface area (Å²) in [6.45, 7) is 1.65. The fraction of sp³-hybridized carbons (Fsp3) is 0.278. The number of nitrogens with one attached hydrogen (secondary N) is 1. The summed E-state index contributed by atoms with van der Waals surface area (Å²) in [4.78, 5) is 12.7. The van der Waals surface area contributed by atoms with Crippen molar-refractivity contribution in [3.63, 3.8) is 0 Å². The number of sulfone groups is 1. The zero-order valence-electron chi connectivity index (χ0n) is 13.6. The quantitative estimate of drug-likeness (QED) is 0.885. The van der Waals surface area contributed by atoms with Crippen LogP contribution in [-0.4, -0.2) is 26.2 Å². The second-order valence-electron chi connectivity index (χ2n) is 5.92. The second-order valence-corrected chi connectivity index (χ2v) is 8.43. The number of halogens is 1. The van der Waals surface area contributed by atoms with Crippen LogP contribution in [0.1, 0.15) is 24.9 Å². The smallest absolute Gasteiger partial charge is 0.261 e. The lowest BCUT2D eigenvalue weighted by Gasteiger charge is -2.27. The molecule has 0 aliphatic carbocycles. The molecule has 1 heterocycles. The molecule has 2 aromatic carbocycles. The molecule has 7 heteroatoms. The molecular formula is C18H18ClNO4S. The molecule has 1 aliphatic rings. The first kappa shape index (κ1) is 17.8. The highest BCUT2D eigenvalue weighted by atomic mass is 35.5. The van der Waals surface area contributed by atoms with Crippen LogP contribution in [0.25, 0.3) is 0 Å². The Morgan fingerprint density at radius 1 is 1.20 bits per heavy atom. The van der Waals surface area contributed by atoms with E-state index < -0.39 is 15.9 Å². The van der Waals surface area contributed by atoms with E-state index in [4.69, 9.17) is 16.3 Å². The third kappa shape index (κ3) is 3.96. The molecule has 1 aliphatic heterocycles. The van der Waals surface area contributed by atoms with Gasteiger partial charge in [-0.3, -0.25) is 4.79 Å². The first-order valence-electron chi connectivity index (χ1n) is 7.91. The van der Waals surface area contributed by atoms with Crippen LogP contribution in [0, 0.1) is 0 Å². The highest BCUT2D eigenvalue weighted by molar-refractivity contribution is 7.91. The van der Waals surface area contributed by atoms with Crippen molar-refractivity contribution in [2.75, 3.05) is 5.75 Å². The molecule has 0 saturated carbocycles. The molecule has 0 aromatic heterocycles. The summed E-state index contributed by atoms with van der Waals surface area (Å²) < 4.78 is 29.9. The summed E-state index contributed by atoms with van der Waals surface area (Å²) >= 11 is 5.83. The average molecular weight is 380 g/mol. The lowest BCUT2D eigenvalue weighted by molar-refractivity contribution is -0.128. The number of hydrogen-bond donors (Lipinski definition) is 1. The molecular weight excluding hydrogens is 362 g/mol. The molecule has 2 aromatic rings. The molecule has 5 nitrogen and oxygen atoms in total. The monoisotopic (exact) mass is 379 g/mol. The van der Waals surface area contributed by atoms with E-state index in [1.54, 1.807) is 55.5 Å². The third-order valence-electron chi connectivity index (χ3n) is 4.12. The van der Waals surface area contributed by atoms with E-state index in [2.05, 4.69) is 5.32 Å². The Kier molecular flexibility index (Phi) is 5.01. The van der Waals surface area contributed by atoms with Gasteiger partial charge in [0, 0.05) is 5.02 Å². The van der Waals surface area contributed by atoms with Gasteiger partial charge in [-0.2, -0.15) is 0 Å². The number of amides is 1. The van der Waals surface area contributed by atoms with Crippen molar-refractivity contribution in [1.82, 2.24) is 5.32 Å². The minimum absolute atomic E-state index is 0.0153. The number of hydrogen-bond acceptors (Lipinski definition) is 4. The van der Waals surface area contributed by atoms with Crippen LogP contribution in [0.4, 0.5) is 0 Å². The summed E-state index contributed by atoms with van der Waals surface area (Å²) in [5, 5.41) is 3.48. The fourth-order valence-corrected chi connectivity index (χ4v) is 4.55. The van der Waals surface area contributed by atoms with Crippen LogP contribution < -0.4 is 10.1 Å². The van der Waals surface area contributed by atoms with Crippen molar-refractivity contribution in [2.45, 2.75) is 30.4 Å². The van der Waals surface area contributed by atoms with Crippen LogP contribution in [0.3, 0.4) is 0 Å². The Morgan fingerprint density at radius 3 is 2.60 bits per heavy atom. The SMILES string of the molecule is CC(Oc1ccc(Cl)cc1)C(=O)NC1CCS(=O)(=O)c2ccccc21. The Morgan fingerprint density at radius 2 is 1.88 bits per heavy atom. The van der Waals surface area contributed by atoms with Crippen molar-refractivity contribution in [1.29, 1.82) is 0 Å². The van der Waals surface area contributed by atoms with Crippen LogP contribution in [-0.2, 0) is 14.6 Å². The minimum Gasteiger partial charge on any atom is -0.481 e. The molecule has 0 spiro atoms. The molecule has 1 amide bonds. The van der Waals surface area contributed by atoms with Gasteiger partial charge in [0.05, 0.1) is 16.7 Å². The Balaban J connectivity index is 1.71. The van der Waals surface area contributed by atoms with E-state index in [1.165, 1.54) is 0 Å². The Labute approximate surface area is 151 Å². The Hall–Kier alpha value is -2.05. The van der Waals surface area contributed by atoms with Gasteiger partial charge in [-0.15, -0.1) is 0 Å². The van der Waals surface area contributed by atoms with Crippen molar-refractivity contribution < 1.29 is 17.9 Å². The van der Waals surface area contributed by atoms with Crippen molar-refractivity contribution >= 4 is 27.3 Å². The van der Waals surface area contributed by atoms with Crippen LogP contribution in [0.2, 0.25) is 5.02 Å². The van der Waals surface area contributed by atoms with Gasteiger partial charge in [0.25, 0.3) is 5.91 Å². The molecule has 2 unspecified atom stereocenters.